The fraction of sp³-hybridized carbons (Fsp3) is 0.188. The van der Waals surface area contributed by atoms with Crippen LogP contribution >= 0.6 is 11.8 Å². The van der Waals surface area contributed by atoms with E-state index in [1.807, 2.05) is 48.5 Å². The second-order valence-corrected chi connectivity index (χ2v) is 5.70. The molecule has 0 spiro atoms. The van der Waals surface area contributed by atoms with Crippen molar-refractivity contribution in [3.8, 4) is 0 Å². The van der Waals surface area contributed by atoms with Gasteiger partial charge in [0, 0.05) is 10.6 Å². The third-order valence-electron chi connectivity index (χ3n) is 3.27. The number of fused-ring (bicyclic) bond motifs is 1. The first-order valence-electron chi connectivity index (χ1n) is 6.52. The van der Waals surface area contributed by atoms with Crippen LogP contribution < -0.4 is 5.48 Å². The summed E-state index contributed by atoms with van der Waals surface area (Å²) in [4.78, 5) is 18.6. The molecular weight excluding hydrogens is 270 g/mol. The maximum absolute atomic E-state index is 12.1. The van der Waals surface area contributed by atoms with Crippen molar-refractivity contribution in [2.45, 2.75) is 17.4 Å². The van der Waals surface area contributed by atoms with Gasteiger partial charge in [0.15, 0.2) is 0 Å². The van der Waals surface area contributed by atoms with Crippen molar-refractivity contribution < 1.29 is 9.63 Å². The van der Waals surface area contributed by atoms with Gasteiger partial charge >= 0.3 is 0 Å². The quantitative estimate of drug-likeness (QED) is 0.877. The molecule has 2 aromatic carbocycles. The van der Waals surface area contributed by atoms with Gasteiger partial charge in [-0.25, -0.2) is 5.48 Å². The number of carbonyl (C=O) groups is 1. The van der Waals surface area contributed by atoms with Gasteiger partial charge in [0.1, 0.15) is 0 Å². The number of carbonyl (C=O) groups excluding carboxylic acids is 1. The molecule has 0 fully saturated rings. The molecule has 1 unspecified atom stereocenters. The van der Waals surface area contributed by atoms with Gasteiger partial charge in [0.25, 0.3) is 5.91 Å². The summed E-state index contributed by atoms with van der Waals surface area (Å²) in [6.07, 6.45) is 0. The van der Waals surface area contributed by atoms with E-state index in [0.717, 1.165) is 16.9 Å². The van der Waals surface area contributed by atoms with E-state index in [2.05, 4.69) is 11.5 Å². The van der Waals surface area contributed by atoms with Gasteiger partial charge in [-0.2, -0.15) is 0 Å². The van der Waals surface area contributed by atoms with Crippen molar-refractivity contribution in [1.29, 1.82) is 0 Å². The minimum atomic E-state index is -0.119. The molecule has 1 amide bonds. The van der Waals surface area contributed by atoms with Gasteiger partial charge < -0.3 is 0 Å². The first-order valence-corrected chi connectivity index (χ1v) is 7.50. The zero-order valence-electron chi connectivity index (χ0n) is 10.9. The predicted octanol–water partition coefficient (Wildman–Crippen LogP) is 3.12. The highest BCUT2D eigenvalue weighted by Gasteiger charge is 2.28. The van der Waals surface area contributed by atoms with Crippen LogP contribution in [-0.4, -0.2) is 11.7 Å². The van der Waals surface area contributed by atoms with Crippen molar-refractivity contribution >= 4 is 17.7 Å². The summed E-state index contributed by atoms with van der Waals surface area (Å²) in [6.45, 7) is 0.383. The summed E-state index contributed by atoms with van der Waals surface area (Å²) in [7, 11) is 0. The van der Waals surface area contributed by atoms with Crippen LogP contribution in [0.2, 0.25) is 0 Å². The minimum Gasteiger partial charge on any atom is -0.272 e. The van der Waals surface area contributed by atoms with Gasteiger partial charge in [0.2, 0.25) is 0 Å². The van der Waals surface area contributed by atoms with E-state index in [9.17, 15) is 4.79 Å². The fourth-order valence-corrected chi connectivity index (χ4v) is 3.44. The summed E-state index contributed by atoms with van der Waals surface area (Å²) in [5.74, 6) is 0.588. The molecule has 0 radical (unpaired) electrons. The molecule has 0 aromatic heterocycles. The third-order valence-corrected chi connectivity index (χ3v) is 4.45. The molecular formula is C16H15NO2S. The predicted molar refractivity (Wildman–Crippen MR) is 79.3 cm³/mol. The van der Waals surface area contributed by atoms with E-state index in [1.54, 1.807) is 11.8 Å². The molecule has 3 rings (SSSR count). The Labute approximate surface area is 122 Å². The lowest BCUT2D eigenvalue weighted by Gasteiger charge is -2.11. The topological polar surface area (TPSA) is 38.3 Å². The molecule has 0 saturated heterocycles. The zero-order valence-corrected chi connectivity index (χ0v) is 11.7. The first kappa shape index (κ1) is 13.2. The SMILES string of the molecule is O=C(NOCc1ccccc1)C1CSc2ccccc21. The van der Waals surface area contributed by atoms with E-state index in [0.29, 0.717) is 6.61 Å². The second-order valence-electron chi connectivity index (χ2n) is 4.64. The maximum Gasteiger partial charge on any atom is 0.251 e. The van der Waals surface area contributed by atoms with Crippen LogP contribution in [0.4, 0.5) is 0 Å². The van der Waals surface area contributed by atoms with Crippen LogP contribution in [0.5, 0.6) is 0 Å². The standard InChI is InChI=1S/C16H15NO2S/c18-16(17-19-10-12-6-2-1-3-7-12)14-11-20-15-9-5-4-8-13(14)15/h1-9,14H,10-11H2,(H,17,18). The summed E-state index contributed by atoms with van der Waals surface area (Å²) >= 11 is 1.72. The molecule has 4 heteroatoms. The molecule has 0 aliphatic carbocycles. The van der Waals surface area contributed by atoms with Crippen LogP contribution in [0.15, 0.2) is 59.5 Å². The van der Waals surface area contributed by atoms with Gasteiger partial charge in [-0.05, 0) is 17.2 Å². The Bertz CT molecular complexity index is 600. The van der Waals surface area contributed by atoms with Crippen LogP contribution in [-0.2, 0) is 16.2 Å². The van der Waals surface area contributed by atoms with E-state index in [1.165, 1.54) is 4.90 Å². The number of hydrogen-bond acceptors (Lipinski definition) is 3. The van der Waals surface area contributed by atoms with Crippen molar-refractivity contribution in [3.63, 3.8) is 0 Å². The number of nitrogens with one attached hydrogen (secondary N) is 1. The Hall–Kier alpha value is -1.78. The number of thioether (sulfide) groups is 1. The van der Waals surface area contributed by atoms with Crippen molar-refractivity contribution in [2.75, 3.05) is 5.75 Å². The lowest BCUT2D eigenvalue weighted by molar-refractivity contribution is -0.135. The van der Waals surface area contributed by atoms with Gasteiger partial charge in [-0.3, -0.25) is 9.63 Å². The van der Waals surface area contributed by atoms with E-state index < -0.39 is 0 Å². The fourth-order valence-electron chi connectivity index (χ4n) is 2.22. The molecule has 2 aromatic rings. The van der Waals surface area contributed by atoms with Crippen LogP contribution in [0.1, 0.15) is 17.0 Å². The van der Waals surface area contributed by atoms with Gasteiger partial charge in [-0.15, -0.1) is 11.8 Å². The summed E-state index contributed by atoms with van der Waals surface area (Å²) < 4.78 is 0. The molecule has 20 heavy (non-hydrogen) atoms. The zero-order chi connectivity index (χ0) is 13.8. The molecule has 3 nitrogen and oxygen atoms in total. The Morgan fingerprint density at radius 2 is 1.90 bits per heavy atom. The molecule has 1 aliphatic rings. The average molecular weight is 285 g/mol. The van der Waals surface area contributed by atoms with Crippen LogP contribution in [0.25, 0.3) is 0 Å². The van der Waals surface area contributed by atoms with Crippen molar-refractivity contribution in [1.82, 2.24) is 5.48 Å². The molecule has 1 atom stereocenters. The molecule has 0 saturated carbocycles. The number of rotatable bonds is 4. The second kappa shape index (κ2) is 6.11. The third kappa shape index (κ3) is 2.86. The lowest BCUT2D eigenvalue weighted by atomic mass is 10.0. The number of amides is 1. The summed E-state index contributed by atoms with van der Waals surface area (Å²) in [6, 6.07) is 17.8. The van der Waals surface area contributed by atoms with E-state index in [-0.39, 0.29) is 11.8 Å². The number of hydrogen-bond donors (Lipinski definition) is 1. The Balaban J connectivity index is 1.56. The minimum absolute atomic E-state index is 0.0709. The van der Waals surface area contributed by atoms with Crippen LogP contribution in [0, 0.1) is 0 Å². The molecule has 1 aliphatic heterocycles. The van der Waals surface area contributed by atoms with Crippen molar-refractivity contribution in [3.05, 3.63) is 65.7 Å². The van der Waals surface area contributed by atoms with Gasteiger partial charge in [0.05, 0.1) is 12.5 Å². The van der Waals surface area contributed by atoms with E-state index >= 15 is 0 Å². The normalized spacial score (nSPS) is 16.7. The monoisotopic (exact) mass is 285 g/mol. The Kier molecular flexibility index (Phi) is 4.04. The lowest BCUT2D eigenvalue weighted by Crippen LogP contribution is -2.29. The molecule has 102 valence electrons. The number of hydroxylamine groups is 1. The van der Waals surface area contributed by atoms with E-state index in [4.69, 9.17) is 4.84 Å². The highest BCUT2D eigenvalue weighted by atomic mass is 32.2. The average Bonchev–Trinajstić information content (AvgIpc) is 2.92. The number of benzene rings is 2. The smallest absolute Gasteiger partial charge is 0.251 e. The highest BCUT2D eigenvalue weighted by Crippen LogP contribution is 2.39. The first-order chi connectivity index (χ1) is 9.84. The summed E-state index contributed by atoms with van der Waals surface area (Å²) in [5, 5.41) is 0. The Morgan fingerprint density at radius 3 is 2.75 bits per heavy atom. The van der Waals surface area contributed by atoms with Crippen molar-refractivity contribution in [2.24, 2.45) is 0 Å². The Morgan fingerprint density at radius 1 is 1.15 bits per heavy atom. The maximum atomic E-state index is 12.1. The largest absolute Gasteiger partial charge is 0.272 e. The molecule has 1 N–H and O–H groups in total. The van der Waals surface area contributed by atoms with Crippen LogP contribution in [0.3, 0.4) is 0 Å². The molecule has 0 bridgehead atoms. The summed E-state index contributed by atoms with van der Waals surface area (Å²) in [5.41, 5.74) is 4.69. The molecule has 1 heterocycles. The van der Waals surface area contributed by atoms with Gasteiger partial charge in [-0.1, -0.05) is 48.5 Å². The highest BCUT2D eigenvalue weighted by molar-refractivity contribution is 7.99.